The predicted octanol–water partition coefficient (Wildman–Crippen LogP) is 3.42. The number of nitrogens with one attached hydrogen (secondary N) is 1. The first kappa shape index (κ1) is 24.1. The fraction of sp³-hybridized carbons (Fsp3) is 0.762. The highest BCUT2D eigenvalue weighted by Crippen LogP contribution is 2.36. The van der Waals surface area contributed by atoms with Gasteiger partial charge < -0.3 is 14.8 Å². The molecule has 7 nitrogen and oxygen atoms in total. The van der Waals surface area contributed by atoms with Gasteiger partial charge in [0.05, 0.1) is 17.7 Å². The van der Waals surface area contributed by atoms with Crippen LogP contribution in [-0.4, -0.2) is 53.2 Å². The van der Waals surface area contributed by atoms with Crippen LogP contribution in [0.4, 0.5) is 4.79 Å². The Bertz CT molecular complexity index is 610. The molecule has 0 aromatic rings. The van der Waals surface area contributed by atoms with Gasteiger partial charge >= 0.3 is 6.09 Å². The number of methoxy groups -OCH3 is 1. The van der Waals surface area contributed by atoms with Gasteiger partial charge in [-0.2, -0.15) is 0 Å². The molecule has 0 unspecified atom stereocenters. The number of hydrogen-bond donors (Lipinski definition) is 1. The minimum atomic E-state index is -0.754. The maximum atomic E-state index is 12.9. The Morgan fingerprint density at radius 3 is 2.36 bits per heavy atom. The van der Waals surface area contributed by atoms with Crippen molar-refractivity contribution in [2.24, 2.45) is 5.92 Å². The van der Waals surface area contributed by atoms with E-state index in [-0.39, 0.29) is 24.2 Å². The molecule has 0 spiro atoms. The molecule has 0 bridgehead atoms. The van der Waals surface area contributed by atoms with E-state index in [1.165, 1.54) is 11.8 Å². The van der Waals surface area contributed by atoms with Crippen LogP contribution in [-0.2, 0) is 19.1 Å². The third-order valence-corrected chi connectivity index (χ3v) is 5.02. The first-order valence-corrected chi connectivity index (χ1v) is 9.90. The van der Waals surface area contributed by atoms with E-state index in [0.29, 0.717) is 6.42 Å². The fourth-order valence-corrected chi connectivity index (χ4v) is 3.84. The lowest BCUT2D eigenvalue weighted by Crippen LogP contribution is -2.63. The molecular formula is C21H36N2O5. The minimum Gasteiger partial charge on any atom is -0.443 e. The van der Waals surface area contributed by atoms with Gasteiger partial charge in [0.15, 0.2) is 0 Å². The molecule has 0 aromatic heterocycles. The number of rotatable bonds is 7. The second kappa shape index (κ2) is 9.54. The SMILES string of the molecule is C/C=C\[C@@H]1CC(=O)N(C(=O)OC(C)(C)C)[C@H]1[C@@H](NC(C)=O)[C@](C)(CCC)OC. The van der Waals surface area contributed by atoms with Crippen LogP contribution in [0.5, 0.6) is 0 Å². The van der Waals surface area contributed by atoms with E-state index in [4.69, 9.17) is 9.47 Å². The molecule has 0 radical (unpaired) electrons. The van der Waals surface area contributed by atoms with Crippen molar-refractivity contribution < 1.29 is 23.9 Å². The number of hydrogen-bond acceptors (Lipinski definition) is 5. The van der Waals surface area contributed by atoms with E-state index in [1.807, 2.05) is 32.9 Å². The summed E-state index contributed by atoms with van der Waals surface area (Å²) < 4.78 is 11.3. The first-order chi connectivity index (χ1) is 12.9. The van der Waals surface area contributed by atoms with Gasteiger partial charge in [-0.3, -0.25) is 9.59 Å². The monoisotopic (exact) mass is 396 g/mol. The summed E-state index contributed by atoms with van der Waals surface area (Å²) in [5.74, 6) is -0.798. The summed E-state index contributed by atoms with van der Waals surface area (Å²) in [6.07, 6.45) is 4.73. The topological polar surface area (TPSA) is 84.9 Å². The van der Waals surface area contributed by atoms with Crippen LogP contribution in [0, 0.1) is 5.92 Å². The van der Waals surface area contributed by atoms with Crippen molar-refractivity contribution in [2.75, 3.05) is 7.11 Å². The van der Waals surface area contributed by atoms with Crippen molar-refractivity contribution in [3.63, 3.8) is 0 Å². The molecular weight excluding hydrogens is 360 g/mol. The number of carbonyl (C=O) groups is 3. The zero-order valence-corrected chi connectivity index (χ0v) is 18.5. The van der Waals surface area contributed by atoms with Gasteiger partial charge in [0.2, 0.25) is 11.8 Å². The first-order valence-electron chi connectivity index (χ1n) is 9.90. The molecule has 7 heteroatoms. The zero-order chi connectivity index (χ0) is 21.7. The number of carbonyl (C=O) groups excluding carboxylic acids is 3. The number of imide groups is 1. The molecule has 1 rings (SSSR count). The number of likely N-dealkylation sites (tertiary alicyclic amines) is 1. The van der Waals surface area contributed by atoms with Gasteiger partial charge in [-0.25, -0.2) is 9.69 Å². The lowest BCUT2D eigenvalue weighted by molar-refractivity contribution is -0.133. The standard InChI is InChI=1S/C21H36N2O5/c1-9-11-15-13-16(25)23(19(26)28-20(4,5)6)17(15)18(22-14(3)24)21(7,27-8)12-10-2/h9,11,15,17-18H,10,12-13H2,1-8H3,(H,22,24)/b11-9-/t15-,17-,18-,21+/m1/s1. The van der Waals surface area contributed by atoms with E-state index in [0.717, 1.165) is 6.42 Å². The van der Waals surface area contributed by atoms with E-state index >= 15 is 0 Å². The molecule has 1 aliphatic rings. The van der Waals surface area contributed by atoms with Gasteiger partial charge in [-0.15, -0.1) is 0 Å². The van der Waals surface area contributed by atoms with Crippen LogP contribution >= 0.6 is 0 Å². The molecule has 160 valence electrons. The second-order valence-electron chi connectivity index (χ2n) is 8.57. The zero-order valence-electron chi connectivity index (χ0n) is 18.5. The number of allylic oxidation sites excluding steroid dienone is 1. The van der Waals surface area contributed by atoms with Crippen LogP contribution in [0.3, 0.4) is 0 Å². The number of nitrogens with zero attached hydrogens (tertiary/aromatic N) is 1. The third kappa shape index (κ3) is 5.80. The Morgan fingerprint density at radius 1 is 1.32 bits per heavy atom. The quantitative estimate of drug-likeness (QED) is 0.667. The summed E-state index contributed by atoms with van der Waals surface area (Å²) in [5.41, 5.74) is -1.49. The Morgan fingerprint density at radius 2 is 1.93 bits per heavy atom. The van der Waals surface area contributed by atoms with Crippen molar-refractivity contribution in [3.8, 4) is 0 Å². The molecule has 1 saturated heterocycles. The van der Waals surface area contributed by atoms with E-state index in [9.17, 15) is 14.4 Å². The molecule has 1 fully saturated rings. The Kier molecular flexibility index (Phi) is 8.23. The average molecular weight is 397 g/mol. The summed E-state index contributed by atoms with van der Waals surface area (Å²) in [6.45, 7) is 12.5. The van der Waals surface area contributed by atoms with Crippen LogP contribution < -0.4 is 5.32 Å². The van der Waals surface area contributed by atoms with Gasteiger partial charge in [0.25, 0.3) is 0 Å². The maximum absolute atomic E-state index is 12.9. The molecule has 0 aromatic carbocycles. The van der Waals surface area contributed by atoms with Crippen LogP contribution in [0.2, 0.25) is 0 Å². The highest BCUT2D eigenvalue weighted by atomic mass is 16.6. The minimum absolute atomic E-state index is 0.177. The summed E-state index contributed by atoms with van der Waals surface area (Å²) in [5, 5.41) is 2.96. The lowest BCUT2D eigenvalue weighted by atomic mass is 9.81. The van der Waals surface area contributed by atoms with Crippen LogP contribution in [0.1, 0.15) is 67.7 Å². The van der Waals surface area contributed by atoms with Crippen LogP contribution in [0.25, 0.3) is 0 Å². The molecule has 0 aliphatic carbocycles. The molecule has 3 amide bonds. The van der Waals surface area contributed by atoms with Crippen molar-refractivity contribution in [1.29, 1.82) is 0 Å². The summed E-state index contributed by atoms with van der Waals surface area (Å²) in [6, 6.07) is -1.17. The van der Waals surface area contributed by atoms with Crippen molar-refractivity contribution in [2.45, 2.75) is 91.0 Å². The number of amides is 3. The molecule has 28 heavy (non-hydrogen) atoms. The summed E-state index contributed by atoms with van der Waals surface area (Å²) in [4.78, 5) is 38.9. The molecule has 1 N–H and O–H groups in total. The van der Waals surface area contributed by atoms with Gasteiger partial charge in [-0.1, -0.05) is 25.5 Å². The van der Waals surface area contributed by atoms with Gasteiger partial charge in [0, 0.05) is 26.4 Å². The van der Waals surface area contributed by atoms with Crippen LogP contribution in [0.15, 0.2) is 12.2 Å². The molecule has 1 aliphatic heterocycles. The molecule has 0 saturated carbocycles. The fourth-order valence-electron chi connectivity index (χ4n) is 3.84. The van der Waals surface area contributed by atoms with Crippen molar-refractivity contribution in [1.82, 2.24) is 10.2 Å². The maximum Gasteiger partial charge on any atom is 0.417 e. The highest BCUT2D eigenvalue weighted by Gasteiger charge is 2.53. The normalized spacial score (nSPS) is 23.6. The smallest absolute Gasteiger partial charge is 0.417 e. The van der Waals surface area contributed by atoms with E-state index < -0.39 is 29.4 Å². The average Bonchev–Trinajstić information content (AvgIpc) is 2.87. The summed E-state index contributed by atoms with van der Waals surface area (Å²) >= 11 is 0. The van der Waals surface area contributed by atoms with Crippen molar-refractivity contribution in [3.05, 3.63) is 12.2 Å². The van der Waals surface area contributed by atoms with E-state index in [2.05, 4.69) is 5.32 Å². The van der Waals surface area contributed by atoms with E-state index in [1.54, 1.807) is 27.9 Å². The second-order valence-corrected chi connectivity index (χ2v) is 8.57. The molecule has 4 atom stereocenters. The molecule has 1 heterocycles. The Balaban J connectivity index is 3.48. The third-order valence-electron chi connectivity index (χ3n) is 5.02. The lowest BCUT2D eigenvalue weighted by Gasteiger charge is -2.43. The highest BCUT2D eigenvalue weighted by molar-refractivity contribution is 5.95. The summed E-state index contributed by atoms with van der Waals surface area (Å²) in [7, 11) is 1.59. The van der Waals surface area contributed by atoms with Gasteiger partial charge in [-0.05, 0) is 41.0 Å². The van der Waals surface area contributed by atoms with Gasteiger partial charge in [0.1, 0.15) is 5.60 Å². The Labute approximate surface area is 168 Å². The Hall–Kier alpha value is -1.89. The largest absolute Gasteiger partial charge is 0.443 e. The van der Waals surface area contributed by atoms with Crippen molar-refractivity contribution >= 4 is 17.9 Å². The predicted molar refractivity (Wildman–Crippen MR) is 108 cm³/mol. The number of ether oxygens (including phenoxy) is 2.